The van der Waals surface area contributed by atoms with E-state index in [4.69, 9.17) is 4.74 Å². The first kappa shape index (κ1) is 28.5. The van der Waals surface area contributed by atoms with Crippen molar-refractivity contribution < 1.29 is 9.53 Å². The van der Waals surface area contributed by atoms with Crippen LogP contribution in [0.25, 0.3) is 0 Å². The molecule has 4 aliphatic rings. The monoisotopic (exact) mass is 500 g/mol. The summed E-state index contributed by atoms with van der Waals surface area (Å²) >= 11 is 0. The van der Waals surface area contributed by atoms with Gasteiger partial charge in [0.2, 0.25) is 0 Å². The zero-order valence-electron chi connectivity index (χ0n) is 25.0. The van der Waals surface area contributed by atoms with E-state index in [1.165, 1.54) is 77.0 Å². The van der Waals surface area contributed by atoms with Crippen molar-refractivity contribution in [3.05, 3.63) is 0 Å². The van der Waals surface area contributed by atoms with Crippen LogP contribution in [0.1, 0.15) is 151 Å². The first-order valence-electron chi connectivity index (χ1n) is 16.4. The molecule has 0 aromatic heterocycles. The Morgan fingerprint density at radius 3 is 2.33 bits per heavy atom. The Kier molecular flexibility index (Phi) is 9.58. The molecular formula is C34H60O2. The summed E-state index contributed by atoms with van der Waals surface area (Å²) in [4.78, 5) is 12.5. The first-order valence-corrected chi connectivity index (χ1v) is 16.4. The molecule has 0 bridgehead atoms. The summed E-state index contributed by atoms with van der Waals surface area (Å²) < 4.78 is 6.04. The van der Waals surface area contributed by atoms with Gasteiger partial charge in [0.15, 0.2) is 0 Å². The largest absolute Gasteiger partial charge is 0.462 e. The standard InChI is InChI=1S/C34H60O2/c1-7-8-9-10-14-32(35)36-27-19-21-33(5)26(23-27)15-16-28-30-18-17-29(25(4)13-11-12-24(2)3)34(30,6)22-20-31(28)33/h24-31H,7-23H2,1-6H3/t25-,26+,27+,28+,29-,30+,31+,33+,34-/m1/s1. The predicted octanol–water partition coefficient (Wildman–Crippen LogP) is 9.99. The third-order valence-electron chi connectivity index (χ3n) is 12.4. The van der Waals surface area contributed by atoms with Crippen molar-refractivity contribution in [3.8, 4) is 0 Å². The smallest absolute Gasteiger partial charge is 0.306 e. The van der Waals surface area contributed by atoms with E-state index in [1.807, 2.05) is 0 Å². The van der Waals surface area contributed by atoms with Gasteiger partial charge in [0, 0.05) is 6.42 Å². The second-order valence-corrected chi connectivity index (χ2v) is 14.9. The second kappa shape index (κ2) is 12.1. The van der Waals surface area contributed by atoms with Gasteiger partial charge < -0.3 is 4.74 Å². The van der Waals surface area contributed by atoms with Gasteiger partial charge >= 0.3 is 5.97 Å². The van der Waals surface area contributed by atoms with E-state index < -0.39 is 0 Å². The summed E-state index contributed by atoms with van der Waals surface area (Å²) in [7, 11) is 0. The Labute approximate surface area is 224 Å². The van der Waals surface area contributed by atoms with Crippen LogP contribution in [0.3, 0.4) is 0 Å². The highest BCUT2D eigenvalue weighted by atomic mass is 16.5. The number of carbonyl (C=O) groups excluding carboxylic acids is 1. The Morgan fingerprint density at radius 2 is 1.58 bits per heavy atom. The minimum Gasteiger partial charge on any atom is -0.462 e. The van der Waals surface area contributed by atoms with E-state index in [9.17, 15) is 4.79 Å². The molecule has 208 valence electrons. The van der Waals surface area contributed by atoms with Gasteiger partial charge in [-0.05, 0) is 116 Å². The average molecular weight is 501 g/mol. The predicted molar refractivity (Wildman–Crippen MR) is 152 cm³/mol. The zero-order valence-corrected chi connectivity index (χ0v) is 25.0. The molecule has 2 heteroatoms. The van der Waals surface area contributed by atoms with E-state index in [2.05, 4.69) is 41.5 Å². The number of rotatable bonds is 11. The molecule has 0 radical (unpaired) electrons. The van der Waals surface area contributed by atoms with E-state index in [0.29, 0.717) is 17.3 Å². The SMILES string of the molecule is CCCCCCC(=O)O[C@H]1CC[C@@]2(C)[C@@H](CC[C@@H]3[C@@H]2CC[C@]2(C)[C@@H]([C@H](C)CCCC(C)C)CC[C@@H]32)C1. The van der Waals surface area contributed by atoms with Gasteiger partial charge in [0.25, 0.3) is 0 Å². The molecule has 0 aliphatic heterocycles. The molecule has 0 N–H and O–H groups in total. The molecule has 0 heterocycles. The van der Waals surface area contributed by atoms with Gasteiger partial charge in [0.05, 0.1) is 0 Å². The fraction of sp³-hybridized carbons (Fsp3) is 0.971. The third-order valence-corrected chi connectivity index (χ3v) is 12.4. The lowest BCUT2D eigenvalue weighted by Gasteiger charge is -2.61. The molecule has 0 spiro atoms. The van der Waals surface area contributed by atoms with E-state index in [1.54, 1.807) is 0 Å². The number of carbonyl (C=O) groups is 1. The molecule has 2 nitrogen and oxygen atoms in total. The highest BCUT2D eigenvalue weighted by Gasteiger charge is 2.60. The summed E-state index contributed by atoms with van der Waals surface area (Å²) in [5.74, 6) is 6.36. The van der Waals surface area contributed by atoms with Gasteiger partial charge in [-0.1, -0.05) is 80.1 Å². The maximum absolute atomic E-state index is 12.5. The summed E-state index contributed by atoms with van der Waals surface area (Å²) in [6.45, 7) is 14.9. The van der Waals surface area contributed by atoms with Crippen molar-refractivity contribution in [1.82, 2.24) is 0 Å². The number of esters is 1. The molecule has 0 saturated heterocycles. The Bertz CT molecular complexity index is 714. The number of hydrogen-bond acceptors (Lipinski definition) is 2. The van der Waals surface area contributed by atoms with Crippen LogP contribution in [0.4, 0.5) is 0 Å². The van der Waals surface area contributed by atoms with Crippen molar-refractivity contribution in [1.29, 1.82) is 0 Å². The molecule has 0 aromatic carbocycles. The summed E-state index contributed by atoms with van der Waals surface area (Å²) in [5.41, 5.74) is 1.07. The average Bonchev–Trinajstić information content (AvgIpc) is 3.19. The lowest BCUT2D eigenvalue weighted by molar-refractivity contribution is -0.162. The molecule has 4 aliphatic carbocycles. The molecule has 36 heavy (non-hydrogen) atoms. The van der Waals surface area contributed by atoms with Gasteiger partial charge in [-0.15, -0.1) is 0 Å². The summed E-state index contributed by atoms with van der Waals surface area (Å²) in [5, 5.41) is 0. The van der Waals surface area contributed by atoms with Crippen LogP contribution in [0, 0.1) is 52.3 Å². The van der Waals surface area contributed by atoms with Crippen molar-refractivity contribution >= 4 is 5.97 Å². The third kappa shape index (κ3) is 5.88. The van der Waals surface area contributed by atoms with Crippen LogP contribution in [0.2, 0.25) is 0 Å². The van der Waals surface area contributed by atoms with Gasteiger partial charge in [0.1, 0.15) is 6.10 Å². The van der Waals surface area contributed by atoms with Crippen LogP contribution in [0.15, 0.2) is 0 Å². The molecule has 9 atom stereocenters. The van der Waals surface area contributed by atoms with Gasteiger partial charge in [-0.3, -0.25) is 4.79 Å². The minimum atomic E-state index is 0.0707. The highest BCUT2D eigenvalue weighted by molar-refractivity contribution is 5.69. The molecule has 4 fully saturated rings. The maximum atomic E-state index is 12.5. The van der Waals surface area contributed by atoms with E-state index >= 15 is 0 Å². The second-order valence-electron chi connectivity index (χ2n) is 14.9. The molecule has 4 saturated carbocycles. The van der Waals surface area contributed by atoms with Crippen molar-refractivity contribution in [2.24, 2.45) is 52.3 Å². The Morgan fingerprint density at radius 1 is 0.833 bits per heavy atom. The van der Waals surface area contributed by atoms with Crippen molar-refractivity contribution in [2.45, 2.75) is 157 Å². The molecular weight excluding hydrogens is 440 g/mol. The molecule has 0 amide bonds. The number of ether oxygens (including phenoxy) is 1. The first-order chi connectivity index (χ1) is 17.2. The van der Waals surface area contributed by atoms with Crippen LogP contribution in [-0.4, -0.2) is 12.1 Å². The number of hydrogen-bond donors (Lipinski definition) is 0. The van der Waals surface area contributed by atoms with Crippen molar-refractivity contribution in [2.75, 3.05) is 0 Å². The summed E-state index contributed by atoms with van der Waals surface area (Å²) in [6, 6.07) is 0. The number of unbranched alkanes of at least 4 members (excludes halogenated alkanes) is 3. The van der Waals surface area contributed by atoms with E-state index in [-0.39, 0.29) is 12.1 Å². The zero-order chi connectivity index (χ0) is 25.9. The fourth-order valence-corrected chi connectivity index (χ4v) is 10.3. The van der Waals surface area contributed by atoms with E-state index in [0.717, 1.165) is 67.1 Å². The quantitative estimate of drug-likeness (QED) is 0.208. The van der Waals surface area contributed by atoms with Crippen LogP contribution in [0.5, 0.6) is 0 Å². The molecule has 0 unspecified atom stereocenters. The molecule has 0 aromatic rings. The Balaban J connectivity index is 1.33. The maximum Gasteiger partial charge on any atom is 0.306 e. The fourth-order valence-electron chi connectivity index (χ4n) is 10.3. The summed E-state index contributed by atoms with van der Waals surface area (Å²) in [6.07, 6.45) is 22.0. The minimum absolute atomic E-state index is 0.0707. The van der Waals surface area contributed by atoms with Crippen molar-refractivity contribution in [3.63, 3.8) is 0 Å². The van der Waals surface area contributed by atoms with Gasteiger partial charge in [-0.25, -0.2) is 0 Å². The van der Waals surface area contributed by atoms with Crippen LogP contribution in [-0.2, 0) is 9.53 Å². The normalized spacial score (nSPS) is 40.9. The Hall–Kier alpha value is -0.530. The lowest BCUT2D eigenvalue weighted by Crippen LogP contribution is -2.54. The topological polar surface area (TPSA) is 26.3 Å². The lowest BCUT2D eigenvalue weighted by atomic mass is 9.44. The highest BCUT2D eigenvalue weighted by Crippen LogP contribution is 2.68. The number of fused-ring (bicyclic) bond motifs is 5. The van der Waals surface area contributed by atoms with Crippen LogP contribution >= 0.6 is 0 Å². The van der Waals surface area contributed by atoms with Gasteiger partial charge in [-0.2, -0.15) is 0 Å². The van der Waals surface area contributed by atoms with Crippen LogP contribution < -0.4 is 0 Å². The molecule has 4 rings (SSSR count).